The van der Waals surface area contributed by atoms with Gasteiger partial charge in [-0.25, -0.2) is 0 Å². The molecule has 0 aromatic heterocycles. The maximum atomic E-state index is 6.17. The Balaban J connectivity index is 1.87. The number of rotatable bonds is 2. The molecule has 2 aromatic rings. The van der Waals surface area contributed by atoms with Gasteiger partial charge in [0.25, 0.3) is 0 Å². The molecule has 1 unspecified atom stereocenters. The van der Waals surface area contributed by atoms with E-state index in [2.05, 4.69) is 43.4 Å². The highest BCUT2D eigenvalue weighted by Gasteiger charge is 2.22. The van der Waals surface area contributed by atoms with Crippen LogP contribution in [0.3, 0.4) is 0 Å². The SMILES string of the molecule is COc1ccc(C2CNc3cc(C)cc(C)c3O2)cc1. The molecular formula is C17H19NO2. The zero-order valence-electron chi connectivity index (χ0n) is 12.1. The highest BCUT2D eigenvalue weighted by atomic mass is 16.5. The van der Waals surface area contributed by atoms with Gasteiger partial charge in [-0.1, -0.05) is 18.2 Å². The lowest BCUT2D eigenvalue weighted by Gasteiger charge is -2.29. The summed E-state index contributed by atoms with van der Waals surface area (Å²) in [6.45, 7) is 4.97. The number of fused-ring (bicyclic) bond motifs is 1. The van der Waals surface area contributed by atoms with Crippen molar-refractivity contribution in [3.63, 3.8) is 0 Å². The molecule has 0 fully saturated rings. The quantitative estimate of drug-likeness (QED) is 0.898. The van der Waals surface area contributed by atoms with E-state index in [0.717, 1.165) is 29.3 Å². The smallest absolute Gasteiger partial charge is 0.146 e. The first-order chi connectivity index (χ1) is 9.67. The van der Waals surface area contributed by atoms with E-state index in [1.807, 2.05) is 12.1 Å². The topological polar surface area (TPSA) is 30.5 Å². The van der Waals surface area contributed by atoms with E-state index in [1.165, 1.54) is 11.1 Å². The zero-order chi connectivity index (χ0) is 14.1. The van der Waals surface area contributed by atoms with Crippen LogP contribution in [-0.4, -0.2) is 13.7 Å². The molecule has 1 heterocycles. The Morgan fingerprint density at radius 3 is 2.60 bits per heavy atom. The maximum Gasteiger partial charge on any atom is 0.146 e. The van der Waals surface area contributed by atoms with Gasteiger partial charge in [0.1, 0.15) is 17.6 Å². The molecule has 0 amide bonds. The van der Waals surface area contributed by atoms with E-state index < -0.39 is 0 Å². The minimum atomic E-state index is 0.0369. The van der Waals surface area contributed by atoms with Gasteiger partial charge >= 0.3 is 0 Å². The van der Waals surface area contributed by atoms with Crippen LogP contribution in [0.1, 0.15) is 22.8 Å². The van der Waals surface area contributed by atoms with Crippen LogP contribution in [-0.2, 0) is 0 Å². The highest BCUT2D eigenvalue weighted by Crippen LogP contribution is 2.37. The number of ether oxygens (including phenoxy) is 2. The molecule has 104 valence electrons. The summed E-state index contributed by atoms with van der Waals surface area (Å²) < 4.78 is 11.4. The van der Waals surface area contributed by atoms with Crippen molar-refractivity contribution in [2.75, 3.05) is 19.0 Å². The standard InChI is InChI=1S/C17H19NO2/c1-11-8-12(2)17-15(9-11)18-10-16(20-17)13-4-6-14(19-3)7-5-13/h4-9,16,18H,10H2,1-3H3. The summed E-state index contributed by atoms with van der Waals surface area (Å²) in [5, 5.41) is 3.47. The molecule has 1 aliphatic rings. The Morgan fingerprint density at radius 2 is 1.90 bits per heavy atom. The summed E-state index contributed by atoms with van der Waals surface area (Å²) in [5.74, 6) is 1.83. The summed E-state index contributed by atoms with van der Waals surface area (Å²) in [4.78, 5) is 0. The number of hydrogen-bond acceptors (Lipinski definition) is 3. The van der Waals surface area contributed by atoms with Gasteiger partial charge in [-0.2, -0.15) is 0 Å². The Labute approximate surface area is 119 Å². The van der Waals surface area contributed by atoms with Crippen molar-refractivity contribution in [1.29, 1.82) is 0 Å². The second kappa shape index (κ2) is 5.08. The number of methoxy groups -OCH3 is 1. The fraction of sp³-hybridized carbons (Fsp3) is 0.294. The van der Waals surface area contributed by atoms with Gasteiger partial charge in [0.15, 0.2) is 0 Å². The fourth-order valence-electron chi connectivity index (χ4n) is 2.63. The molecule has 2 aromatic carbocycles. The van der Waals surface area contributed by atoms with Gasteiger partial charge < -0.3 is 14.8 Å². The van der Waals surface area contributed by atoms with Crippen LogP contribution in [0.25, 0.3) is 0 Å². The van der Waals surface area contributed by atoms with Crippen molar-refractivity contribution in [3.05, 3.63) is 53.1 Å². The van der Waals surface area contributed by atoms with Crippen molar-refractivity contribution >= 4 is 5.69 Å². The lowest BCUT2D eigenvalue weighted by Crippen LogP contribution is -2.24. The van der Waals surface area contributed by atoms with Crippen molar-refractivity contribution in [3.8, 4) is 11.5 Å². The predicted octanol–water partition coefficient (Wildman–Crippen LogP) is 3.86. The molecule has 1 aliphatic heterocycles. The monoisotopic (exact) mass is 269 g/mol. The van der Waals surface area contributed by atoms with Crippen molar-refractivity contribution < 1.29 is 9.47 Å². The predicted molar refractivity (Wildman–Crippen MR) is 80.8 cm³/mol. The summed E-state index contributed by atoms with van der Waals surface area (Å²) in [6.07, 6.45) is 0.0369. The third kappa shape index (κ3) is 2.31. The molecule has 0 saturated carbocycles. The van der Waals surface area contributed by atoms with E-state index in [4.69, 9.17) is 9.47 Å². The van der Waals surface area contributed by atoms with Crippen LogP contribution in [0.5, 0.6) is 11.5 Å². The summed E-state index contributed by atoms with van der Waals surface area (Å²) >= 11 is 0. The number of anilines is 1. The van der Waals surface area contributed by atoms with Crippen molar-refractivity contribution in [1.82, 2.24) is 0 Å². The van der Waals surface area contributed by atoms with Gasteiger partial charge in [0, 0.05) is 0 Å². The van der Waals surface area contributed by atoms with E-state index in [1.54, 1.807) is 7.11 Å². The molecule has 3 rings (SSSR count). The van der Waals surface area contributed by atoms with E-state index in [-0.39, 0.29) is 6.10 Å². The van der Waals surface area contributed by atoms with Crippen LogP contribution in [0.2, 0.25) is 0 Å². The number of aryl methyl sites for hydroxylation is 2. The fourth-order valence-corrected chi connectivity index (χ4v) is 2.63. The Kier molecular flexibility index (Phi) is 3.26. The number of hydrogen-bond donors (Lipinski definition) is 1. The van der Waals surface area contributed by atoms with Crippen LogP contribution in [0.4, 0.5) is 5.69 Å². The molecule has 0 bridgehead atoms. The van der Waals surface area contributed by atoms with Gasteiger partial charge in [-0.3, -0.25) is 0 Å². The third-order valence-corrected chi connectivity index (χ3v) is 3.64. The van der Waals surface area contributed by atoms with Crippen LogP contribution < -0.4 is 14.8 Å². The molecule has 1 atom stereocenters. The van der Waals surface area contributed by atoms with Crippen molar-refractivity contribution in [2.24, 2.45) is 0 Å². The molecule has 0 aliphatic carbocycles. The minimum absolute atomic E-state index is 0.0369. The molecule has 0 radical (unpaired) electrons. The van der Waals surface area contributed by atoms with Gasteiger partial charge in [-0.05, 0) is 48.7 Å². The highest BCUT2D eigenvalue weighted by molar-refractivity contribution is 5.63. The molecule has 0 spiro atoms. The first kappa shape index (κ1) is 12.9. The van der Waals surface area contributed by atoms with Gasteiger partial charge in [0.05, 0.1) is 19.3 Å². The van der Waals surface area contributed by atoms with Gasteiger partial charge in [0.2, 0.25) is 0 Å². The van der Waals surface area contributed by atoms with E-state index in [0.29, 0.717) is 0 Å². The van der Waals surface area contributed by atoms with Crippen LogP contribution in [0.15, 0.2) is 36.4 Å². The molecule has 3 nitrogen and oxygen atoms in total. The normalized spacial score (nSPS) is 16.9. The summed E-state index contributed by atoms with van der Waals surface area (Å²) in [5.41, 5.74) is 4.67. The summed E-state index contributed by atoms with van der Waals surface area (Å²) in [7, 11) is 1.68. The maximum absolute atomic E-state index is 6.17. The number of nitrogens with one attached hydrogen (secondary N) is 1. The van der Waals surface area contributed by atoms with Crippen molar-refractivity contribution in [2.45, 2.75) is 20.0 Å². The van der Waals surface area contributed by atoms with Crippen LogP contribution >= 0.6 is 0 Å². The molecular weight excluding hydrogens is 250 g/mol. The first-order valence-electron chi connectivity index (χ1n) is 6.83. The molecule has 20 heavy (non-hydrogen) atoms. The second-order valence-corrected chi connectivity index (χ2v) is 5.22. The molecule has 1 N–H and O–H groups in total. The average Bonchev–Trinajstić information content (AvgIpc) is 2.47. The lowest BCUT2D eigenvalue weighted by molar-refractivity contribution is 0.209. The zero-order valence-corrected chi connectivity index (χ0v) is 12.1. The molecule has 0 saturated heterocycles. The lowest BCUT2D eigenvalue weighted by atomic mass is 10.0. The second-order valence-electron chi connectivity index (χ2n) is 5.22. The third-order valence-electron chi connectivity index (χ3n) is 3.64. The first-order valence-corrected chi connectivity index (χ1v) is 6.83. The van der Waals surface area contributed by atoms with E-state index >= 15 is 0 Å². The molecule has 3 heteroatoms. The van der Waals surface area contributed by atoms with Gasteiger partial charge in [-0.15, -0.1) is 0 Å². The van der Waals surface area contributed by atoms with Crippen LogP contribution in [0, 0.1) is 13.8 Å². The average molecular weight is 269 g/mol. The van der Waals surface area contributed by atoms with E-state index in [9.17, 15) is 0 Å². The summed E-state index contributed by atoms with van der Waals surface area (Å²) in [6, 6.07) is 12.3. The number of benzene rings is 2. The Hall–Kier alpha value is -2.16. The largest absolute Gasteiger partial charge is 0.497 e. The Morgan fingerprint density at radius 1 is 1.15 bits per heavy atom. The Bertz CT molecular complexity index is 620. The minimum Gasteiger partial charge on any atom is -0.497 e.